The topological polar surface area (TPSA) is 59.6 Å². The van der Waals surface area contributed by atoms with Crippen LogP contribution >= 0.6 is 39.1 Å². The lowest BCUT2D eigenvalue weighted by Gasteiger charge is -2.38. The van der Waals surface area contributed by atoms with Crippen molar-refractivity contribution in [3.05, 3.63) is 62.7 Å². The number of piperazine rings is 1. The molecule has 1 atom stereocenters. The van der Waals surface area contributed by atoms with Crippen LogP contribution in [0.4, 0.5) is 5.69 Å². The minimum Gasteiger partial charge on any atom is -0.480 e. The van der Waals surface area contributed by atoms with Crippen molar-refractivity contribution in [2.45, 2.75) is 6.04 Å². The lowest BCUT2D eigenvalue weighted by molar-refractivity contribution is -0.143. The Morgan fingerprint density at radius 3 is 2.50 bits per heavy atom. The normalized spacial score (nSPS) is 16.5. The molecule has 0 saturated carbocycles. The lowest BCUT2D eigenvalue weighted by atomic mass is 10.0. The molecule has 0 bridgehead atoms. The van der Waals surface area contributed by atoms with E-state index in [-0.39, 0.29) is 0 Å². The molecule has 2 heterocycles. The minimum absolute atomic E-state index is 0.523. The Hall–Kier alpha value is -1.73. The first-order valence-corrected chi connectivity index (χ1v) is 10.4. The number of anilines is 1. The number of carboxylic acid groups (broad SMARTS) is 1. The number of H-pyrrole nitrogens is 1. The number of hydrogen-bond acceptors (Lipinski definition) is 3. The number of nitrogens with zero attached hydrogens (tertiary/aromatic N) is 2. The molecule has 146 valence electrons. The van der Waals surface area contributed by atoms with Crippen LogP contribution in [0.1, 0.15) is 11.6 Å². The van der Waals surface area contributed by atoms with Crippen LogP contribution in [0.25, 0.3) is 10.9 Å². The number of aromatic nitrogens is 1. The van der Waals surface area contributed by atoms with Crippen molar-refractivity contribution in [3.63, 3.8) is 0 Å². The minimum atomic E-state index is -0.841. The molecule has 5 nitrogen and oxygen atoms in total. The van der Waals surface area contributed by atoms with Crippen LogP contribution in [0.3, 0.4) is 0 Å². The monoisotopic (exact) mass is 481 g/mol. The van der Waals surface area contributed by atoms with E-state index in [1.807, 2.05) is 35.2 Å². The van der Waals surface area contributed by atoms with Crippen molar-refractivity contribution in [2.75, 3.05) is 31.1 Å². The summed E-state index contributed by atoms with van der Waals surface area (Å²) in [6, 6.07) is 10.7. The molecule has 1 fully saturated rings. The molecule has 1 aromatic heterocycles. The highest BCUT2D eigenvalue weighted by atomic mass is 79.9. The Kier molecular flexibility index (Phi) is 5.56. The van der Waals surface area contributed by atoms with Gasteiger partial charge in [-0.3, -0.25) is 9.69 Å². The van der Waals surface area contributed by atoms with E-state index in [2.05, 4.69) is 25.8 Å². The largest absolute Gasteiger partial charge is 0.480 e. The third kappa shape index (κ3) is 3.74. The van der Waals surface area contributed by atoms with Crippen LogP contribution in [0.15, 0.2) is 47.1 Å². The highest BCUT2D eigenvalue weighted by Crippen LogP contribution is 2.32. The van der Waals surface area contributed by atoms with Crippen molar-refractivity contribution in [2.24, 2.45) is 0 Å². The van der Waals surface area contributed by atoms with E-state index in [1.165, 1.54) is 0 Å². The van der Waals surface area contributed by atoms with Crippen molar-refractivity contribution in [1.29, 1.82) is 0 Å². The molecule has 1 aliphatic rings. The van der Waals surface area contributed by atoms with Gasteiger partial charge >= 0.3 is 5.97 Å². The Morgan fingerprint density at radius 2 is 1.82 bits per heavy atom. The summed E-state index contributed by atoms with van der Waals surface area (Å²) in [4.78, 5) is 19.5. The van der Waals surface area contributed by atoms with Gasteiger partial charge in [-0.1, -0.05) is 45.2 Å². The lowest BCUT2D eigenvalue weighted by Crippen LogP contribution is -2.49. The second-order valence-corrected chi connectivity index (χ2v) is 8.53. The summed E-state index contributed by atoms with van der Waals surface area (Å²) < 4.78 is 0.954. The Morgan fingerprint density at radius 1 is 1.07 bits per heavy atom. The zero-order valence-electron chi connectivity index (χ0n) is 14.8. The number of fused-ring (bicyclic) bond motifs is 1. The zero-order valence-corrected chi connectivity index (χ0v) is 17.9. The average Bonchev–Trinajstić information content (AvgIpc) is 3.07. The van der Waals surface area contributed by atoms with Gasteiger partial charge in [-0.05, 0) is 30.3 Å². The zero-order chi connectivity index (χ0) is 19.8. The van der Waals surface area contributed by atoms with Gasteiger partial charge in [0.2, 0.25) is 0 Å². The second kappa shape index (κ2) is 7.95. The summed E-state index contributed by atoms with van der Waals surface area (Å²) in [5, 5.41) is 11.9. The number of carboxylic acids is 1. The van der Waals surface area contributed by atoms with Crippen LogP contribution < -0.4 is 4.90 Å². The van der Waals surface area contributed by atoms with Gasteiger partial charge in [0, 0.05) is 59.0 Å². The molecular formula is C20H18BrCl2N3O2. The smallest absolute Gasteiger partial charge is 0.325 e. The molecule has 28 heavy (non-hydrogen) atoms. The van der Waals surface area contributed by atoms with Gasteiger partial charge in [-0.15, -0.1) is 0 Å². The predicted octanol–water partition coefficient (Wildman–Crippen LogP) is 5.19. The van der Waals surface area contributed by atoms with E-state index in [9.17, 15) is 9.90 Å². The molecule has 1 aliphatic heterocycles. The second-order valence-electron chi connectivity index (χ2n) is 6.80. The van der Waals surface area contributed by atoms with Gasteiger partial charge in [0.25, 0.3) is 0 Å². The third-order valence-corrected chi connectivity index (χ3v) is 6.38. The summed E-state index contributed by atoms with van der Waals surface area (Å²) in [6.45, 7) is 2.71. The maximum atomic E-state index is 12.1. The maximum Gasteiger partial charge on any atom is 0.325 e. The van der Waals surface area contributed by atoms with Crippen molar-refractivity contribution >= 4 is 61.7 Å². The van der Waals surface area contributed by atoms with Gasteiger partial charge in [0.1, 0.15) is 6.04 Å². The molecule has 0 unspecified atom stereocenters. The van der Waals surface area contributed by atoms with Crippen molar-refractivity contribution in [3.8, 4) is 0 Å². The van der Waals surface area contributed by atoms with Crippen LogP contribution in [0.5, 0.6) is 0 Å². The van der Waals surface area contributed by atoms with Crippen LogP contribution in [0.2, 0.25) is 10.0 Å². The summed E-state index contributed by atoms with van der Waals surface area (Å²) in [5.74, 6) is -0.841. The van der Waals surface area contributed by atoms with Gasteiger partial charge in [-0.25, -0.2) is 0 Å². The standard InChI is InChI=1S/C20H18BrCl2N3O2/c21-12-1-3-14-15(11-24-18(14)9-12)19(20(27)28)26-7-5-25(6-8-26)13-2-4-16(22)17(23)10-13/h1-4,9-11,19,24H,5-8H2,(H,27,28)/t19-/m1/s1. The number of carbonyl (C=O) groups is 1. The number of halogens is 3. The molecule has 0 radical (unpaired) electrons. The van der Waals surface area contributed by atoms with E-state index in [1.54, 1.807) is 12.3 Å². The Balaban J connectivity index is 1.55. The molecule has 0 aliphatic carbocycles. The van der Waals surface area contributed by atoms with Gasteiger partial charge in [0.15, 0.2) is 0 Å². The SMILES string of the molecule is O=C(O)[C@@H](c1c[nH]c2cc(Br)ccc12)N1CCN(c2ccc(Cl)c(Cl)c2)CC1. The van der Waals surface area contributed by atoms with E-state index < -0.39 is 12.0 Å². The fourth-order valence-corrected chi connectivity index (χ4v) is 4.41. The van der Waals surface area contributed by atoms with Gasteiger partial charge in [-0.2, -0.15) is 0 Å². The van der Waals surface area contributed by atoms with Gasteiger partial charge < -0.3 is 15.0 Å². The van der Waals surface area contributed by atoms with E-state index in [0.29, 0.717) is 23.1 Å². The number of benzene rings is 2. The summed E-state index contributed by atoms with van der Waals surface area (Å²) in [6.07, 6.45) is 1.81. The first-order chi connectivity index (χ1) is 13.4. The fourth-order valence-electron chi connectivity index (χ4n) is 3.75. The average molecular weight is 483 g/mol. The summed E-state index contributed by atoms with van der Waals surface area (Å²) in [5.41, 5.74) is 2.71. The highest BCUT2D eigenvalue weighted by Gasteiger charge is 2.32. The quantitative estimate of drug-likeness (QED) is 0.537. The van der Waals surface area contributed by atoms with Crippen LogP contribution in [0, 0.1) is 0 Å². The molecule has 2 N–H and O–H groups in total. The molecular weight excluding hydrogens is 465 g/mol. The Labute approximate surface area is 181 Å². The summed E-state index contributed by atoms with van der Waals surface area (Å²) >= 11 is 15.6. The number of rotatable bonds is 4. The first-order valence-electron chi connectivity index (χ1n) is 8.87. The van der Waals surface area contributed by atoms with Crippen LogP contribution in [-0.4, -0.2) is 47.1 Å². The maximum absolute atomic E-state index is 12.1. The number of aromatic amines is 1. The Bertz CT molecular complexity index is 1030. The van der Waals surface area contributed by atoms with E-state index in [4.69, 9.17) is 23.2 Å². The highest BCUT2D eigenvalue weighted by molar-refractivity contribution is 9.10. The summed E-state index contributed by atoms with van der Waals surface area (Å²) in [7, 11) is 0. The molecule has 2 aromatic carbocycles. The first kappa shape index (κ1) is 19.6. The molecule has 0 spiro atoms. The molecule has 8 heteroatoms. The van der Waals surface area contributed by atoms with Gasteiger partial charge in [0.05, 0.1) is 10.0 Å². The van der Waals surface area contributed by atoms with Crippen molar-refractivity contribution in [1.82, 2.24) is 9.88 Å². The van der Waals surface area contributed by atoms with E-state index >= 15 is 0 Å². The van der Waals surface area contributed by atoms with Crippen LogP contribution in [-0.2, 0) is 4.79 Å². The molecule has 3 aromatic rings. The number of hydrogen-bond donors (Lipinski definition) is 2. The predicted molar refractivity (Wildman–Crippen MR) is 117 cm³/mol. The molecule has 4 rings (SSSR count). The molecule has 0 amide bonds. The number of aliphatic carboxylic acids is 1. The van der Waals surface area contributed by atoms with E-state index in [0.717, 1.165) is 39.7 Å². The third-order valence-electron chi connectivity index (χ3n) is 5.15. The number of nitrogens with one attached hydrogen (secondary N) is 1. The fraction of sp³-hybridized carbons (Fsp3) is 0.250. The van der Waals surface area contributed by atoms with Crippen molar-refractivity contribution < 1.29 is 9.90 Å². The molecule has 1 saturated heterocycles.